The Labute approximate surface area is 181 Å². The van der Waals surface area contributed by atoms with Gasteiger partial charge < -0.3 is 16.0 Å². The molecule has 3 aromatic carbocycles. The minimum Gasteiger partial charge on any atom is -0.348 e. The van der Waals surface area contributed by atoms with Crippen LogP contribution in [0.2, 0.25) is 5.02 Å². The number of amides is 2. The molecule has 6 heteroatoms. The van der Waals surface area contributed by atoms with Crippen LogP contribution in [0.5, 0.6) is 0 Å². The lowest BCUT2D eigenvalue weighted by atomic mass is 10.1. The van der Waals surface area contributed by atoms with Gasteiger partial charge in [0, 0.05) is 17.6 Å². The second-order valence-electron chi connectivity index (χ2n) is 6.89. The maximum atomic E-state index is 12.6. The first kappa shape index (κ1) is 21.6. The summed E-state index contributed by atoms with van der Waals surface area (Å²) >= 11 is 6.21. The van der Waals surface area contributed by atoms with E-state index in [1.807, 2.05) is 61.5 Å². The van der Waals surface area contributed by atoms with E-state index in [1.165, 1.54) is 0 Å². The Morgan fingerprint density at radius 1 is 0.900 bits per heavy atom. The molecule has 154 valence electrons. The van der Waals surface area contributed by atoms with E-state index in [9.17, 15) is 9.59 Å². The normalized spacial score (nSPS) is 11.5. The van der Waals surface area contributed by atoms with Gasteiger partial charge in [0.25, 0.3) is 5.91 Å². The molecule has 0 saturated carbocycles. The van der Waals surface area contributed by atoms with Crippen molar-refractivity contribution in [2.24, 2.45) is 0 Å². The van der Waals surface area contributed by atoms with Crippen molar-refractivity contribution < 1.29 is 9.59 Å². The molecule has 3 aromatic rings. The van der Waals surface area contributed by atoms with E-state index in [2.05, 4.69) is 16.0 Å². The van der Waals surface area contributed by atoms with Gasteiger partial charge in [-0.15, -0.1) is 0 Å². The zero-order valence-corrected chi connectivity index (χ0v) is 17.4. The van der Waals surface area contributed by atoms with E-state index in [-0.39, 0.29) is 24.4 Å². The van der Waals surface area contributed by atoms with Gasteiger partial charge in [-0.25, -0.2) is 0 Å². The summed E-state index contributed by atoms with van der Waals surface area (Å²) in [5.41, 5.74) is 2.82. The molecule has 1 atom stereocenters. The van der Waals surface area contributed by atoms with Gasteiger partial charge in [-0.1, -0.05) is 72.3 Å². The molecule has 30 heavy (non-hydrogen) atoms. The second-order valence-corrected chi connectivity index (χ2v) is 7.29. The molecule has 0 aromatic heterocycles. The van der Waals surface area contributed by atoms with E-state index in [0.717, 1.165) is 11.1 Å². The third kappa shape index (κ3) is 5.92. The third-order valence-corrected chi connectivity index (χ3v) is 5.03. The van der Waals surface area contributed by atoms with Crippen molar-refractivity contribution in [3.8, 4) is 0 Å². The lowest BCUT2D eigenvalue weighted by Crippen LogP contribution is -2.31. The van der Waals surface area contributed by atoms with Gasteiger partial charge in [-0.3, -0.25) is 9.59 Å². The van der Waals surface area contributed by atoms with Crippen LogP contribution < -0.4 is 16.0 Å². The molecular weight excluding hydrogens is 398 g/mol. The van der Waals surface area contributed by atoms with Crippen LogP contribution in [-0.2, 0) is 11.3 Å². The molecule has 0 spiro atoms. The lowest BCUT2D eigenvalue weighted by molar-refractivity contribution is -0.115. The summed E-state index contributed by atoms with van der Waals surface area (Å²) in [6, 6.07) is 24.0. The average molecular weight is 422 g/mol. The van der Waals surface area contributed by atoms with Gasteiger partial charge >= 0.3 is 0 Å². The second kappa shape index (κ2) is 10.6. The Morgan fingerprint density at radius 3 is 2.33 bits per heavy atom. The molecule has 0 aliphatic rings. The number of carbonyl (C=O) groups excluding carboxylic acids is 2. The van der Waals surface area contributed by atoms with Crippen LogP contribution in [0.15, 0.2) is 78.9 Å². The molecule has 0 heterocycles. The van der Waals surface area contributed by atoms with Crippen molar-refractivity contribution in [3.05, 3.63) is 101 Å². The molecule has 3 N–H and O–H groups in total. The highest BCUT2D eigenvalue weighted by molar-refractivity contribution is 6.31. The van der Waals surface area contributed by atoms with Crippen molar-refractivity contribution in [1.82, 2.24) is 10.6 Å². The molecule has 5 nitrogen and oxygen atoms in total. The van der Waals surface area contributed by atoms with E-state index in [4.69, 9.17) is 11.6 Å². The largest absolute Gasteiger partial charge is 0.348 e. The standard InChI is InChI=1S/C24H24ClN3O2/c1-17(19-11-5-7-13-21(19)25)26-16-23(29)28-22-14-8-6-12-20(22)24(30)27-15-18-9-3-2-4-10-18/h2-14,17,26H,15-16H2,1H3,(H,27,30)(H,28,29). The van der Waals surface area contributed by atoms with Crippen LogP contribution in [0.3, 0.4) is 0 Å². The summed E-state index contributed by atoms with van der Waals surface area (Å²) in [6.07, 6.45) is 0. The Morgan fingerprint density at radius 2 is 1.57 bits per heavy atom. The third-order valence-electron chi connectivity index (χ3n) is 4.68. The first-order valence-electron chi connectivity index (χ1n) is 9.73. The first-order valence-corrected chi connectivity index (χ1v) is 10.1. The van der Waals surface area contributed by atoms with Crippen molar-refractivity contribution in [2.75, 3.05) is 11.9 Å². The van der Waals surface area contributed by atoms with Crippen molar-refractivity contribution in [2.45, 2.75) is 19.5 Å². The fraction of sp³-hybridized carbons (Fsp3) is 0.167. The monoisotopic (exact) mass is 421 g/mol. The number of carbonyl (C=O) groups is 2. The molecule has 0 radical (unpaired) electrons. The van der Waals surface area contributed by atoms with Crippen LogP contribution in [0.25, 0.3) is 0 Å². The van der Waals surface area contributed by atoms with Crippen LogP contribution in [0, 0.1) is 0 Å². The zero-order valence-electron chi connectivity index (χ0n) is 16.7. The van der Waals surface area contributed by atoms with E-state index < -0.39 is 0 Å². The van der Waals surface area contributed by atoms with Crippen molar-refractivity contribution in [3.63, 3.8) is 0 Å². The predicted octanol–water partition coefficient (Wildman–Crippen LogP) is 4.56. The quantitative estimate of drug-likeness (QED) is 0.499. The van der Waals surface area contributed by atoms with Gasteiger partial charge in [0.05, 0.1) is 17.8 Å². The van der Waals surface area contributed by atoms with Gasteiger partial charge in [0.2, 0.25) is 5.91 Å². The summed E-state index contributed by atoms with van der Waals surface area (Å²) in [6.45, 7) is 2.45. The number of anilines is 1. The zero-order chi connectivity index (χ0) is 21.3. The number of rotatable bonds is 8. The number of halogens is 1. The maximum absolute atomic E-state index is 12.6. The summed E-state index contributed by atoms with van der Waals surface area (Å²) < 4.78 is 0. The first-order chi connectivity index (χ1) is 14.5. The Balaban J connectivity index is 1.58. The van der Waals surface area contributed by atoms with Gasteiger partial charge in [0.1, 0.15) is 0 Å². The molecule has 0 aliphatic heterocycles. The fourth-order valence-electron chi connectivity index (χ4n) is 3.04. The topological polar surface area (TPSA) is 70.2 Å². The number of hydrogen-bond donors (Lipinski definition) is 3. The highest BCUT2D eigenvalue weighted by atomic mass is 35.5. The molecule has 0 aliphatic carbocycles. The molecule has 0 fully saturated rings. The molecule has 1 unspecified atom stereocenters. The van der Waals surface area contributed by atoms with Crippen LogP contribution >= 0.6 is 11.6 Å². The molecule has 2 amide bonds. The Kier molecular flexibility index (Phi) is 7.60. The Bertz CT molecular complexity index is 1010. The Hall–Kier alpha value is -3.15. The number of nitrogens with one attached hydrogen (secondary N) is 3. The van der Waals surface area contributed by atoms with Gasteiger partial charge in [-0.05, 0) is 36.2 Å². The van der Waals surface area contributed by atoms with Crippen molar-refractivity contribution in [1.29, 1.82) is 0 Å². The van der Waals surface area contributed by atoms with E-state index >= 15 is 0 Å². The van der Waals surface area contributed by atoms with Gasteiger partial charge in [-0.2, -0.15) is 0 Å². The van der Waals surface area contributed by atoms with Gasteiger partial charge in [0.15, 0.2) is 0 Å². The van der Waals surface area contributed by atoms with Crippen LogP contribution in [0.1, 0.15) is 34.5 Å². The minimum atomic E-state index is -0.243. The highest BCUT2D eigenvalue weighted by Crippen LogP contribution is 2.22. The smallest absolute Gasteiger partial charge is 0.253 e. The summed E-state index contributed by atoms with van der Waals surface area (Å²) in [5, 5.41) is 9.51. The van der Waals surface area contributed by atoms with E-state index in [0.29, 0.717) is 22.8 Å². The van der Waals surface area contributed by atoms with E-state index in [1.54, 1.807) is 24.3 Å². The minimum absolute atomic E-state index is 0.0890. The maximum Gasteiger partial charge on any atom is 0.253 e. The number of benzene rings is 3. The van der Waals surface area contributed by atoms with Crippen LogP contribution in [-0.4, -0.2) is 18.4 Å². The average Bonchev–Trinajstić information content (AvgIpc) is 2.77. The van der Waals surface area contributed by atoms with Crippen LogP contribution in [0.4, 0.5) is 5.69 Å². The number of para-hydroxylation sites is 1. The van der Waals surface area contributed by atoms with Crippen molar-refractivity contribution >= 4 is 29.1 Å². The number of hydrogen-bond acceptors (Lipinski definition) is 3. The lowest BCUT2D eigenvalue weighted by Gasteiger charge is -2.16. The SMILES string of the molecule is CC(NCC(=O)Nc1ccccc1C(=O)NCc1ccccc1)c1ccccc1Cl. The summed E-state index contributed by atoms with van der Waals surface area (Å²) in [4.78, 5) is 25.1. The fourth-order valence-corrected chi connectivity index (χ4v) is 3.34. The molecular formula is C24H24ClN3O2. The summed E-state index contributed by atoms with van der Waals surface area (Å²) in [5.74, 6) is -0.482. The molecule has 3 rings (SSSR count). The predicted molar refractivity (Wildman–Crippen MR) is 121 cm³/mol. The molecule has 0 bridgehead atoms. The molecule has 0 saturated heterocycles. The summed E-state index contributed by atoms with van der Waals surface area (Å²) in [7, 11) is 0. The highest BCUT2D eigenvalue weighted by Gasteiger charge is 2.14.